The van der Waals surface area contributed by atoms with Crippen LogP contribution in [0.5, 0.6) is 0 Å². The van der Waals surface area contributed by atoms with Crippen molar-refractivity contribution < 1.29 is 0 Å². The van der Waals surface area contributed by atoms with E-state index in [1.165, 1.54) is 32.1 Å². The lowest BCUT2D eigenvalue weighted by molar-refractivity contribution is 0.342. The van der Waals surface area contributed by atoms with Crippen LogP contribution < -0.4 is 5.73 Å². The highest BCUT2D eigenvalue weighted by molar-refractivity contribution is 4.71. The molecule has 0 spiro atoms. The molecule has 80 valence electrons. The van der Waals surface area contributed by atoms with Crippen LogP contribution in [0.4, 0.5) is 0 Å². The molecule has 0 heterocycles. The van der Waals surface area contributed by atoms with Gasteiger partial charge in [-0.3, -0.25) is 0 Å². The molecule has 0 aromatic rings. The molecule has 1 heteroatoms. The van der Waals surface area contributed by atoms with Crippen LogP contribution in [0.2, 0.25) is 0 Å². The van der Waals surface area contributed by atoms with E-state index in [4.69, 9.17) is 5.73 Å². The van der Waals surface area contributed by atoms with Crippen molar-refractivity contribution in [1.82, 2.24) is 0 Å². The predicted octanol–water partition coefficient (Wildman–Crippen LogP) is 3.58. The molecule has 3 atom stereocenters. The molecule has 0 saturated carbocycles. The van der Waals surface area contributed by atoms with Crippen LogP contribution in [0.3, 0.4) is 0 Å². The van der Waals surface area contributed by atoms with Crippen molar-refractivity contribution in [2.75, 3.05) is 0 Å². The summed E-state index contributed by atoms with van der Waals surface area (Å²) in [6, 6.07) is 0.418. The maximum Gasteiger partial charge on any atom is 0.00670 e. The normalized spacial score (nSPS) is 18.2. The van der Waals surface area contributed by atoms with Crippen LogP contribution in [0.1, 0.15) is 59.8 Å². The van der Waals surface area contributed by atoms with E-state index in [-0.39, 0.29) is 0 Å². The van der Waals surface area contributed by atoms with Gasteiger partial charge in [-0.2, -0.15) is 0 Å². The van der Waals surface area contributed by atoms with E-state index in [2.05, 4.69) is 27.7 Å². The number of hydrogen-bond acceptors (Lipinski definition) is 1. The van der Waals surface area contributed by atoms with Gasteiger partial charge >= 0.3 is 0 Å². The highest BCUT2D eigenvalue weighted by Crippen LogP contribution is 2.18. The smallest absolute Gasteiger partial charge is 0.00670 e. The van der Waals surface area contributed by atoms with Crippen LogP contribution in [0, 0.1) is 11.8 Å². The summed E-state index contributed by atoms with van der Waals surface area (Å²) in [5.74, 6) is 1.50. The maximum atomic E-state index is 6.13. The fraction of sp³-hybridized carbons (Fsp3) is 1.00. The van der Waals surface area contributed by atoms with Crippen LogP contribution in [-0.4, -0.2) is 6.04 Å². The van der Waals surface area contributed by atoms with E-state index in [1.807, 2.05) is 0 Å². The Morgan fingerprint density at radius 3 is 2.00 bits per heavy atom. The molecule has 0 rings (SSSR count). The Kier molecular flexibility index (Phi) is 7.35. The maximum absolute atomic E-state index is 6.13. The summed E-state index contributed by atoms with van der Waals surface area (Å²) in [7, 11) is 0. The third-order valence-electron chi connectivity index (χ3n) is 2.93. The predicted molar refractivity (Wildman–Crippen MR) is 60.7 cm³/mol. The first-order valence-electron chi connectivity index (χ1n) is 5.87. The Hall–Kier alpha value is -0.0400. The molecule has 0 aliphatic rings. The van der Waals surface area contributed by atoms with Gasteiger partial charge in [-0.25, -0.2) is 0 Å². The van der Waals surface area contributed by atoms with Crippen molar-refractivity contribution in [2.24, 2.45) is 17.6 Å². The zero-order chi connectivity index (χ0) is 10.3. The van der Waals surface area contributed by atoms with Gasteiger partial charge in [0.1, 0.15) is 0 Å². The van der Waals surface area contributed by atoms with E-state index >= 15 is 0 Å². The van der Waals surface area contributed by atoms with E-state index < -0.39 is 0 Å². The fourth-order valence-corrected chi connectivity index (χ4v) is 1.98. The second-order valence-corrected chi connectivity index (χ2v) is 4.56. The van der Waals surface area contributed by atoms with Gasteiger partial charge in [-0.15, -0.1) is 0 Å². The fourth-order valence-electron chi connectivity index (χ4n) is 1.98. The van der Waals surface area contributed by atoms with Gasteiger partial charge < -0.3 is 5.73 Å². The van der Waals surface area contributed by atoms with Crippen LogP contribution in [0.15, 0.2) is 0 Å². The van der Waals surface area contributed by atoms with Crippen LogP contribution in [0.25, 0.3) is 0 Å². The van der Waals surface area contributed by atoms with E-state index in [9.17, 15) is 0 Å². The molecule has 3 unspecified atom stereocenters. The minimum absolute atomic E-state index is 0.418. The molecule has 0 aliphatic heterocycles. The molecule has 0 amide bonds. The highest BCUT2D eigenvalue weighted by Gasteiger charge is 2.14. The van der Waals surface area contributed by atoms with Gasteiger partial charge in [0.25, 0.3) is 0 Å². The SMILES string of the molecule is CCCC(C)CC(N)C(C)CCC. The lowest BCUT2D eigenvalue weighted by atomic mass is 9.88. The van der Waals surface area contributed by atoms with E-state index in [0.717, 1.165) is 5.92 Å². The molecule has 0 aliphatic carbocycles. The molecular weight excluding hydrogens is 158 g/mol. The van der Waals surface area contributed by atoms with Gasteiger partial charge in [0.05, 0.1) is 0 Å². The molecule has 13 heavy (non-hydrogen) atoms. The Morgan fingerprint density at radius 2 is 1.54 bits per heavy atom. The molecule has 0 bridgehead atoms. The first-order valence-corrected chi connectivity index (χ1v) is 5.87. The van der Waals surface area contributed by atoms with Gasteiger partial charge in [0.2, 0.25) is 0 Å². The Bertz CT molecular complexity index is 112. The monoisotopic (exact) mass is 185 g/mol. The standard InChI is InChI=1S/C12H27N/c1-5-7-10(3)9-12(13)11(4)8-6-2/h10-12H,5-9,13H2,1-4H3. The average Bonchev–Trinajstić information content (AvgIpc) is 2.05. The lowest BCUT2D eigenvalue weighted by Gasteiger charge is -2.22. The van der Waals surface area contributed by atoms with Gasteiger partial charge in [0, 0.05) is 6.04 Å². The topological polar surface area (TPSA) is 26.0 Å². The molecule has 0 radical (unpaired) electrons. The van der Waals surface area contributed by atoms with Gasteiger partial charge in [-0.1, -0.05) is 47.0 Å². The average molecular weight is 185 g/mol. The first kappa shape index (κ1) is 13.0. The molecule has 0 aromatic carbocycles. The van der Waals surface area contributed by atoms with Crippen molar-refractivity contribution >= 4 is 0 Å². The molecule has 0 fully saturated rings. The van der Waals surface area contributed by atoms with Crippen molar-refractivity contribution in [3.63, 3.8) is 0 Å². The van der Waals surface area contributed by atoms with Gasteiger partial charge in [0.15, 0.2) is 0 Å². The number of nitrogens with two attached hydrogens (primary N) is 1. The lowest BCUT2D eigenvalue weighted by Crippen LogP contribution is -2.30. The molecule has 2 N–H and O–H groups in total. The van der Waals surface area contributed by atoms with Crippen LogP contribution in [-0.2, 0) is 0 Å². The molecule has 0 aromatic heterocycles. The zero-order valence-corrected chi connectivity index (χ0v) is 9.84. The first-order chi connectivity index (χ1) is 6.11. The summed E-state index contributed by atoms with van der Waals surface area (Å²) in [6.45, 7) is 9.09. The zero-order valence-electron chi connectivity index (χ0n) is 9.84. The van der Waals surface area contributed by atoms with Gasteiger partial charge in [-0.05, 0) is 24.7 Å². The third kappa shape index (κ3) is 6.09. The summed E-state index contributed by atoms with van der Waals surface area (Å²) < 4.78 is 0. The summed E-state index contributed by atoms with van der Waals surface area (Å²) in [5.41, 5.74) is 6.13. The summed E-state index contributed by atoms with van der Waals surface area (Å²) >= 11 is 0. The molecule has 0 saturated heterocycles. The second-order valence-electron chi connectivity index (χ2n) is 4.56. The van der Waals surface area contributed by atoms with Crippen molar-refractivity contribution in [3.8, 4) is 0 Å². The van der Waals surface area contributed by atoms with E-state index in [0.29, 0.717) is 12.0 Å². The minimum Gasteiger partial charge on any atom is -0.327 e. The van der Waals surface area contributed by atoms with Crippen molar-refractivity contribution in [2.45, 2.75) is 65.8 Å². The Morgan fingerprint density at radius 1 is 1.00 bits per heavy atom. The quantitative estimate of drug-likeness (QED) is 0.644. The third-order valence-corrected chi connectivity index (χ3v) is 2.93. The van der Waals surface area contributed by atoms with Crippen LogP contribution >= 0.6 is 0 Å². The van der Waals surface area contributed by atoms with E-state index in [1.54, 1.807) is 0 Å². The van der Waals surface area contributed by atoms with Crippen molar-refractivity contribution in [3.05, 3.63) is 0 Å². The number of rotatable bonds is 7. The Balaban J connectivity index is 3.64. The minimum atomic E-state index is 0.418. The summed E-state index contributed by atoms with van der Waals surface area (Å²) in [5, 5.41) is 0. The second kappa shape index (κ2) is 7.37. The number of hydrogen-bond donors (Lipinski definition) is 1. The largest absolute Gasteiger partial charge is 0.327 e. The summed E-state index contributed by atoms with van der Waals surface area (Å²) in [6.07, 6.45) is 6.36. The summed E-state index contributed by atoms with van der Waals surface area (Å²) in [4.78, 5) is 0. The van der Waals surface area contributed by atoms with Crippen molar-refractivity contribution in [1.29, 1.82) is 0 Å². The molecular formula is C12H27N. The molecule has 1 nitrogen and oxygen atoms in total. The highest BCUT2D eigenvalue weighted by atomic mass is 14.6. The Labute approximate surface area is 84.1 Å².